The standard InChI is InChI=1S/C14H21N3O2/c1-9(11-4-5-11)16-8-10-3-6-13(19-2)12(7-10)14(15)17-18/h3,6-7,9,11,16,18H,4-5,8H2,1-2H3,(H2,15,17). The topological polar surface area (TPSA) is 79.9 Å². The van der Waals surface area contributed by atoms with Crippen molar-refractivity contribution in [2.45, 2.75) is 32.4 Å². The number of benzene rings is 1. The molecule has 1 aromatic carbocycles. The fourth-order valence-corrected chi connectivity index (χ4v) is 2.16. The van der Waals surface area contributed by atoms with Gasteiger partial charge in [-0.05, 0) is 43.4 Å². The Morgan fingerprint density at radius 1 is 1.58 bits per heavy atom. The van der Waals surface area contributed by atoms with Crippen LogP contribution in [0.25, 0.3) is 0 Å². The number of hydrogen-bond acceptors (Lipinski definition) is 4. The molecule has 0 saturated heterocycles. The fourth-order valence-electron chi connectivity index (χ4n) is 2.16. The Kier molecular flexibility index (Phi) is 4.27. The third-order valence-electron chi connectivity index (χ3n) is 3.60. The highest BCUT2D eigenvalue weighted by Crippen LogP contribution is 2.32. The molecule has 0 radical (unpaired) electrons. The minimum absolute atomic E-state index is 0.0638. The maximum atomic E-state index is 8.79. The lowest BCUT2D eigenvalue weighted by atomic mass is 10.1. The zero-order valence-electron chi connectivity index (χ0n) is 11.4. The minimum Gasteiger partial charge on any atom is -0.496 e. The third kappa shape index (κ3) is 3.38. The molecule has 1 fully saturated rings. The van der Waals surface area contributed by atoms with Crippen LogP contribution >= 0.6 is 0 Å². The Bertz CT molecular complexity index is 470. The highest BCUT2D eigenvalue weighted by Gasteiger charge is 2.27. The molecule has 2 rings (SSSR count). The quantitative estimate of drug-likeness (QED) is 0.316. The number of nitrogens with zero attached hydrogens (tertiary/aromatic N) is 1. The summed E-state index contributed by atoms with van der Waals surface area (Å²) < 4.78 is 5.20. The summed E-state index contributed by atoms with van der Waals surface area (Å²) in [4.78, 5) is 0. The number of rotatable bonds is 6. The van der Waals surface area contributed by atoms with Gasteiger partial charge in [-0.2, -0.15) is 0 Å². The van der Waals surface area contributed by atoms with Crippen molar-refractivity contribution < 1.29 is 9.94 Å². The maximum Gasteiger partial charge on any atom is 0.173 e. The van der Waals surface area contributed by atoms with Crippen LogP contribution in [0.3, 0.4) is 0 Å². The monoisotopic (exact) mass is 263 g/mol. The van der Waals surface area contributed by atoms with Crippen molar-refractivity contribution >= 4 is 5.84 Å². The number of ether oxygens (including phenoxy) is 1. The molecular formula is C14H21N3O2. The van der Waals surface area contributed by atoms with E-state index in [2.05, 4.69) is 17.4 Å². The van der Waals surface area contributed by atoms with Gasteiger partial charge in [-0.3, -0.25) is 0 Å². The van der Waals surface area contributed by atoms with E-state index < -0.39 is 0 Å². The molecule has 1 saturated carbocycles. The van der Waals surface area contributed by atoms with Crippen molar-refractivity contribution in [3.05, 3.63) is 29.3 Å². The lowest BCUT2D eigenvalue weighted by Crippen LogP contribution is -2.27. The minimum atomic E-state index is 0.0638. The van der Waals surface area contributed by atoms with Crippen LogP contribution < -0.4 is 15.8 Å². The second kappa shape index (κ2) is 5.93. The van der Waals surface area contributed by atoms with Crippen molar-refractivity contribution in [2.24, 2.45) is 16.8 Å². The van der Waals surface area contributed by atoms with Crippen LogP contribution in [-0.4, -0.2) is 24.2 Å². The summed E-state index contributed by atoms with van der Waals surface area (Å²) in [6.45, 7) is 2.99. The van der Waals surface area contributed by atoms with Crippen LogP contribution in [0.1, 0.15) is 30.9 Å². The van der Waals surface area contributed by atoms with Crippen LogP contribution in [0.15, 0.2) is 23.4 Å². The number of oxime groups is 1. The van der Waals surface area contributed by atoms with Gasteiger partial charge in [0.15, 0.2) is 5.84 Å². The highest BCUT2D eigenvalue weighted by atomic mass is 16.5. The summed E-state index contributed by atoms with van der Waals surface area (Å²) in [5.41, 5.74) is 7.36. The third-order valence-corrected chi connectivity index (χ3v) is 3.60. The summed E-state index contributed by atoms with van der Waals surface area (Å²) >= 11 is 0. The van der Waals surface area contributed by atoms with Crippen LogP contribution in [0.4, 0.5) is 0 Å². The number of methoxy groups -OCH3 is 1. The summed E-state index contributed by atoms with van der Waals surface area (Å²) in [5.74, 6) is 1.49. The van der Waals surface area contributed by atoms with E-state index in [0.29, 0.717) is 17.4 Å². The molecule has 1 aliphatic carbocycles. The molecule has 1 aliphatic rings. The average Bonchev–Trinajstić information content (AvgIpc) is 3.28. The van der Waals surface area contributed by atoms with Crippen molar-refractivity contribution in [1.29, 1.82) is 0 Å². The Balaban J connectivity index is 2.08. The molecular weight excluding hydrogens is 242 g/mol. The number of amidine groups is 1. The van der Waals surface area contributed by atoms with E-state index in [-0.39, 0.29) is 5.84 Å². The van der Waals surface area contributed by atoms with E-state index in [4.69, 9.17) is 15.7 Å². The number of nitrogens with one attached hydrogen (secondary N) is 1. The van der Waals surface area contributed by atoms with Crippen LogP contribution in [0.5, 0.6) is 5.75 Å². The predicted octanol–water partition coefficient (Wildman–Crippen LogP) is 1.68. The first-order valence-electron chi connectivity index (χ1n) is 6.54. The van der Waals surface area contributed by atoms with E-state index in [1.165, 1.54) is 12.8 Å². The van der Waals surface area contributed by atoms with Crippen LogP contribution in [0, 0.1) is 5.92 Å². The van der Waals surface area contributed by atoms with Crippen LogP contribution in [0.2, 0.25) is 0 Å². The van der Waals surface area contributed by atoms with Gasteiger partial charge in [-0.15, -0.1) is 0 Å². The molecule has 0 heterocycles. The lowest BCUT2D eigenvalue weighted by Gasteiger charge is -2.14. The molecule has 5 nitrogen and oxygen atoms in total. The van der Waals surface area contributed by atoms with Gasteiger partial charge in [-0.1, -0.05) is 11.2 Å². The van der Waals surface area contributed by atoms with Gasteiger partial charge < -0.3 is 21.0 Å². The Hall–Kier alpha value is -1.75. The summed E-state index contributed by atoms with van der Waals surface area (Å²) in [6, 6.07) is 6.25. The van der Waals surface area contributed by atoms with Crippen molar-refractivity contribution in [3.8, 4) is 5.75 Å². The predicted molar refractivity (Wildman–Crippen MR) is 74.5 cm³/mol. The molecule has 1 aromatic rings. The normalized spacial score (nSPS) is 17.3. The zero-order valence-corrected chi connectivity index (χ0v) is 11.4. The van der Waals surface area contributed by atoms with Gasteiger partial charge in [0.05, 0.1) is 12.7 Å². The van der Waals surface area contributed by atoms with Gasteiger partial charge >= 0.3 is 0 Å². The summed E-state index contributed by atoms with van der Waals surface area (Å²) in [6.07, 6.45) is 2.65. The van der Waals surface area contributed by atoms with Gasteiger partial charge in [0.1, 0.15) is 5.75 Å². The van der Waals surface area contributed by atoms with E-state index in [1.807, 2.05) is 18.2 Å². The summed E-state index contributed by atoms with van der Waals surface area (Å²) in [7, 11) is 1.57. The average molecular weight is 263 g/mol. The first kappa shape index (κ1) is 13.7. The van der Waals surface area contributed by atoms with Gasteiger partial charge in [0, 0.05) is 12.6 Å². The molecule has 104 valence electrons. The first-order valence-corrected chi connectivity index (χ1v) is 6.54. The first-order chi connectivity index (χ1) is 9.15. The SMILES string of the molecule is COc1ccc(CNC(C)C2CC2)cc1C(N)=NO. The molecule has 5 heteroatoms. The smallest absolute Gasteiger partial charge is 0.173 e. The molecule has 4 N–H and O–H groups in total. The zero-order chi connectivity index (χ0) is 13.8. The molecule has 0 amide bonds. The van der Waals surface area contributed by atoms with Crippen molar-refractivity contribution in [1.82, 2.24) is 5.32 Å². The fraction of sp³-hybridized carbons (Fsp3) is 0.500. The van der Waals surface area contributed by atoms with E-state index >= 15 is 0 Å². The molecule has 1 unspecified atom stereocenters. The lowest BCUT2D eigenvalue weighted by molar-refractivity contribution is 0.318. The Labute approximate surface area is 113 Å². The summed E-state index contributed by atoms with van der Waals surface area (Å²) in [5, 5.41) is 15.3. The number of hydrogen-bond donors (Lipinski definition) is 3. The van der Waals surface area contributed by atoms with Gasteiger partial charge in [0.2, 0.25) is 0 Å². The maximum absolute atomic E-state index is 8.79. The Morgan fingerprint density at radius 2 is 2.32 bits per heavy atom. The molecule has 0 aliphatic heterocycles. The van der Waals surface area contributed by atoms with E-state index in [9.17, 15) is 0 Å². The second-order valence-corrected chi connectivity index (χ2v) is 5.03. The van der Waals surface area contributed by atoms with E-state index in [1.54, 1.807) is 7.11 Å². The molecule has 0 spiro atoms. The molecule has 0 aromatic heterocycles. The largest absolute Gasteiger partial charge is 0.496 e. The Morgan fingerprint density at radius 3 is 2.89 bits per heavy atom. The molecule has 19 heavy (non-hydrogen) atoms. The van der Waals surface area contributed by atoms with Gasteiger partial charge in [0.25, 0.3) is 0 Å². The molecule has 1 atom stereocenters. The van der Waals surface area contributed by atoms with Crippen molar-refractivity contribution in [2.75, 3.05) is 7.11 Å². The highest BCUT2D eigenvalue weighted by molar-refractivity contribution is 5.99. The van der Waals surface area contributed by atoms with Crippen LogP contribution in [-0.2, 0) is 6.54 Å². The second-order valence-electron chi connectivity index (χ2n) is 5.03. The van der Waals surface area contributed by atoms with Crippen molar-refractivity contribution in [3.63, 3.8) is 0 Å². The molecule has 0 bridgehead atoms. The van der Waals surface area contributed by atoms with E-state index in [0.717, 1.165) is 18.0 Å². The van der Waals surface area contributed by atoms with Gasteiger partial charge in [-0.25, -0.2) is 0 Å². The number of nitrogens with two attached hydrogens (primary N) is 1.